The number of fused-ring (bicyclic) bond motifs is 6. The van der Waals surface area contributed by atoms with Crippen molar-refractivity contribution < 1.29 is 0 Å². The van der Waals surface area contributed by atoms with Gasteiger partial charge in [0.15, 0.2) is 0 Å². The van der Waals surface area contributed by atoms with Crippen LogP contribution in [-0.2, 0) is 0 Å². The molecule has 0 saturated heterocycles. The molecular weight excluding hydrogens is 601 g/mol. The van der Waals surface area contributed by atoms with Crippen LogP contribution < -0.4 is 0 Å². The van der Waals surface area contributed by atoms with Gasteiger partial charge in [0, 0.05) is 0 Å². The van der Waals surface area contributed by atoms with E-state index >= 15 is 0 Å². The summed E-state index contributed by atoms with van der Waals surface area (Å²) < 4.78 is 0. The van der Waals surface area contributed by atoms with Gasteiger partial charge in [0.05, 0.1) is 0 Å². The van der Waals surface area contributed by atoms with Crippen LogP contribution in [0.15, 0.2) is 194 Å². The average Bonchev–Trinajstić information content (AvgIpc) is 3.19. The van der Waals surface area contributed by atoms with Gasteiger partial charge in [0.1, 0.15) is 0 Å². The van der Waals surface area contributed by atoms with E-state index in [1.807, 2.05) is 0 Å². The molecule has 10 aromatic carbocycles. The normalized spacial score (nSPS) is 11.6. The van der Waals surface area contributed by atoms with E-state index in [4.69, 9.17) is 0 Å². The van der Waals surface area contributed by atoms with E-state index in [0.717, 1.165) is 0 Å². The summed E-state index contributed by atoms with van der Waals surface area (Å²) in [6.45, 7) is 0. The van der Waals surface area contributed by atoms with E-state index in [2.05, 4.69) is 194 Å². The molecule has 50 heavy (non-hydrogen) atoms. The zero-order valence-corrected chi connectivity index (χ0v) is 27.5. The van der Waals surface area contributed by atoms with Crippen molar-refractivity contribution in [2.24, 2.45) is 0 Å². The third kappa shape index (κ3) is 4.61. The molecule has 0 unspecified atom stereocenters. The lowest BCUT2D eigenvalue weighted by atomic mass is 9.83. The number of hydrogen-bond acceptors (Lipinski definition) is 0. The minimum atomic E-state index is 1.23. The number of rotatable bonds is 4. The van der Waals surface area contributed by atoms with Gasteiger partial charge >= 0.3 is 0 Å². The van der Waals surface area contributed by atoms with Crippen LogP contribution in [0, 0.1) is 0 Å². The van der Waals surface area contributed by atoms with Crippen LogP contribution in [0.2, 0.25) is 0 Å². The minimum absolute atomic E-state index is 1.23. The molecule has 0 spiro atoms. The summed E-state index contributed by atoms with van der Waals surface area (Å²) in [5, 5.41) is 12.7. The molecule has 0 heteroatoms. The maximum Gasteiger partial charge on any atom is -0.00199 e. The summed E-state index contributed by atoms with van der Waals surface area (Å²) in [7, 11) is 0. The van der Waals surface area contributed by atoms with Crippen molar-refractivity contribution in [2.45, 2.75) is 0 Å². The van der Waals surface area contributed by atoms with Gasteiger partial charge < -0.3 is 0 Å². The van der Waals surface area contributed by atoms with E-state index in [1.54, 1.807) is 0 Å². The Labute approximate surface area is 291 Å². The average molecular weight is 633 g/mol. The van der Waals surface area contributed by atoms with Crippen molar-refractivity contribution in [2.75, 3.05) is 0 Å². The summed E-state index contributed by atoms with van der Waals surface area (Å²) in [4.78, 5) is 0. The molecule has 232 valence electrons. The zero-order valence-electron chi connectivity index (χ0n) is 27.5. The van der Waals surface area contributed by atoms with Crippen molar-refractivity contribution in [3.05, 3.63) is 194 Å². The SMILES string of the molecule is c1ccc(-c2cccc(-c3ccc4cc(-c5c6ccccc6c(-c6cccc7ccc8ccccc8c67)c6ccccc56)ccc4c3)c2)cc1. The molecule has 0 aliphatic rings. The third-order valence-corrected chi connectivity index (χ3v) is 10.4. The van der Waals surface area contributed by atoms with Crippen LogP contribution in [0.1, 0.15) is 0 Å². The van der Waals surface area contributed by atoms with E-state index < -0.39 is 0 Å². The number of benzene rings is 10. The van der Waals surface area contributed by atoms with Gasteiger partial charge in [-0.2, -0.15) is 0 Å². The molecule has 10 rings (SSSR count). The van der Waals surface area contributed by atoms with Gasteiger partial charge in [-0.3, -0.25) is 0 Å². The Morgan fingerprint density at radius 1 is 0.220 bits per heavy atom. The molecule has 0 amide bonds. The first-order valence-corrected chi connectivity index (χ1v) is 17.3. The highest BCUT2D eigenvalue weighted by molar-refractivity contribution is 6.26. The second kappa shape index (κ2) is 11.6. The predicted molar refractivity (Wildman–Crippen MR) is 216 cm³/mol. The largest absolute Gasteiger partial charge is 0.0622 e. The first-order chi connectivity index (χ1) is 24.8. The molecular formula is C50H32. The van der Waals surface area contributed by atoms with Crippen molar-refractivity contribution >= 4 is 53.9 Å². The first-order valence-electron chi connectivity index (χ1n) is 17.3. The zero-order chi connectivity index (χ0) is 33.0. The molecule has 0 bridgehead atoms. The van der Waals surface area contributed by atoms with Crippen LogP contribution in [-0.4, -0.2) is 0 Å². The van der Waals surface area contributed by atoms with E-state index in [1.165, 1.54) is 98.4 Å². The maximum atomic E-state index is 2.37. The molecule has 10 aromatic rings. The van der Waals surface area contributed by atoms with Crippen LogP contribution in [0.4, 0.5) is 0 Å². The Morgan fingerprint density at radius 3 is 1.40 bits per heavy atom. The lowest BCUT2D eigenvalue weighted by Gasteiger charge is -2.19. The monoisotopic (exact) mass is 632 g/mol. The van der Waals surface area contributed by atoms with Gasteiger partial charge in [-0.15, -0.1) is 0 Å². The van der Waals surface area contributed by atoms with E-state index in [-0.39, 0.29) is 0 Å². The highest BCUT2D eigenvalue weighted by Crippen LogP contribution is 2.46. The van der Waals surface area contributed by atoms with Crippen molar-refractivity contribution in [1.29, 1.82) is 0 Å². The Hall–Kier alpha value is -6.50. The molecule has 0 aliphatic carbocycles. The molecule has 0 aliphatic heterocycles. The molecule has 0 N–H and O–H groups in total. The fraction of sp³-hybridized carbons (Fsp3) is 0. The van der Waals surface area contributed by atoms with Crippen molar-refractivity contribution in [1.82, 2.24) is 0 Å². The highest BCUT2D eigenvalue weighted by Gasteiger charge is 2.19. The Bertz CT molecular complexity index is 2860. The summed E-state index contributed by atoms with van der Waals surface area (Å²) in [5.41, 5.74) is 10.0. The van der Waals surface area contributed by atoms with Crippen molar-refractivity contribution in [3.8, 4) is 44.5 Å². The molecule has 0 atom stereocenters. The van der Waals surface area contributed by atoms with Crippen LogP contribution in [0.5, 0.6) is 0 Å². The summed E-state index contributed by atoms with van der Waals surface area (Å²) in [6, 6.07) is 71.3. The lowest BCUT2D eigenvalue weighted by Crippen LogP contribution is -1.92. The Kier molecular flexibility index (Phi) is 6.60. The maximum absolute atomic E-state index is 2.37. The van der Waals surface area contributed by atoms with Gasteiger partial charge in [0.25, 0.3) is 0 Å². The van der Waals surface area contributed by atoms with E-state index in [0.29, 0.717) is 0 Å². The number of hydrogen-bond donors (Lipinski definition) is 0. The minimum Gasteiger partial charge on any atom is -0.0622 e. The molecule has 0 aromatic heterocycles. The van der Waals surface area contributed by atoms with Gasteiger partial charge in [-0.25, -0.2) is 0 Å². The highest BCUT2D eigenvalue weighted by atomic mass is 14.2. The topological polar surface area (TPSA) is 0 Å². The smallest absolute Gasteiger partial charge is 0.00199 e. The lowest BCUT2D eigenvalue weighted by molar-refractivity contribution is 1.60. The molecule has 0 nitrogen and oxygen atoms in total. The van der Waals surface area contributed by atoms with Crippen LogP contribution >= 0.6 is 0 Å². The standard InChI is InChI=1S/C50H32/c1-2-12-33(13-3-1)36-16-10-17-37(30-36)38-26-27-40-32-41(29-28-39(40)31-38)49-43-19-6-8-21-45(43)50(46-22-9-7-20-44(46)49)47-23-11-15-35-25-24-34-14-4-5-18-42(34)48(35)47/h1-32H. The molecule has 0 fully saturated rings. The summed E-state index contributed by atoms with van der Waals surface area (Å²) in [5.74, 6) is 0. The van der Waals surface area contributed by atoms with E-state index in [9.17, 15) is 0 Å². The first kappa shape index (κ1) is 28.5. The van der Waals surface area contributed by atoms with Crippen molar-refractivity contribution in [3.63, 3.8) is 0 Å². The third-order valence-electron chi connectivity index (χ3n) is 10.4. The van der Waals surface area contributed by atoms with Crippen LogP contribution in [0.3, 0.4) is 0 Å². The molecule has 0 saturated carbocycles. The second-order valence-corrected chi connectivity index (χ2v) is 13.3. The predicted octanol–water partition coefficient (Wildman–Crippen LogP) is 14.1. The second-order valence-electron chi connectivity index (χ2n) is 13.3. The Morgan fingerprint density at radius 2 is 0.680 bits per heavy atom. The van der Waals surface area contributed by atoms with Gasteiger partial charge in [-0.05, 0) is 117 Å². The molecule has 0 heterocycles. The molecule has 0 radical (unpaired) electrons. The fourth-order valence-corrected chi connectivity index (χ4v) is 8.09. The Balaban J connectivity index is 1.16. The summed E-state index contributed by atoms with van der Waals surface area (Å²) in [6.07, 6.45) is 0. The summed E-state index contributed by atoms with van der Waals surface area (Å²) >= 11 is 0. The van der Waals surface area contributed by atoms with Gasteiger partial charge in [0.2, 0.25) is 0 Å². The quantitative estimate of drug-likeness (QED) is 0.134. The van der Waals surface area contributed by atoms with Crippen LogP contribution in [0.25, 0.3) is 98.4 Å². The van der Waals surface area contributed by atoms with Gasteiger partial charge in [-0.1, -0.05) is 176 Å². The fourth-order valence-electron chi connectivity index (χ4n) is 8.09.